The molecule has 0 atom stereocenters. The van der Waals surface area contributed by atoms with Crippen molar-refractivity contribution in [3.63, 3.8) is 0 Å². The molecule has 0 saturated heterocycles. The van der Waals surface area contributed by atoms with Crippen LogP contribution in [-0.4, -0.2) is 11.8 Å². The Morgan fingerprint density at radius 2 is 2.36 bits per heavy atom. The van der Waals surface area contributed by atoms with Crippen LogP contribution in [-0.2, 0) is 0 Å². The molecule has 0 fully saturated rings. The third-order valence-electron chi connectivity index (χ3n) is 1.56. The zero-order chi connectivity index (χ0) is 10.4. The molecule has 0 aliphatic rings. The van der Waals surface area contributed by atoms with E-state index >= 15 is 0 Å². The number of amides is 1. The summed E-state index contributed by atoms with van der Waals surface area (Å²) >= 11 is 5.41. The van der Waals surface area contributed by atoms with Crippen molar-refractivity contribution < 1.29 is 4.79 Å². The molecule has 14 heavy (non-hydrogen) atoms. The molecule has 0 bridgehead atoms. The van der Waals surface area contributed by atoms with Gasteiger partial charge in [0.25, 0.3) is 5.91 Å². The zero-order valence-corrected chi connectivity index (χ0v) is 8.14. The fourth-order valence-electron chi connectivity index (χ4n) is 0.957. The number of halogens is 1. The molecule has 0 unspecified atom stereocenters. The first kappa shape index (κ1) is 10.6. The zero-order valence-electron chi connectivity index (χ0n) is 7.38. The minimum absolute atomic E-state index is 0.271. The van der Waals surface area contributed by atoms with Crippen LogP contribution in [0.25, 0.3) is 0 Å². The summed E-state index contributed by atoms with van der Waals surface area (Å²) in [5, 5.41) is 0. The van der Waals surface area contributed by atoms with Gasteiger partial charge in [-0.2, -0.15) is 0 Å². The normalized spacial score (nSPS) is 8.71. The first-order valence-electron chi connectivity index (χ1n) is 3.93. The molecular formula is C10H9ClN2O. The number of nitrogens with two attached hydrogens (primary N) is 1. The van der Waals surface area contributed by atoms with E-state index in [1.54, 1.807) is 24.3 Å². The van der Waals surface area contributed by atoms with Crippen LogP contribution < -0.4 is 11.3 Å². The lowest BCUT2D eigenvalue weighted by atomic mass is 10.1. The van der Waals surface area contributed by atoms with Gasteiger partial charge in [-0.05, 0) is 18.2 Å². The lowest BCUT2D eigenvalue weighted by Crippen LogP contribution is -2.29. The van der Waals surface area contributed by atoms with Crippen molar-refractivity contribution in [1.82, 2.24) is 5.43 Å². The molecule has 3 nitrogen and oxygen atoms in total. The van der Waals surface area contributed by atoms with Gasteiger partial charge in [-0.3, -0.25) is 10.2 Å². The molecule has 0 heterocycles. The van der Waals surface area contributed by atoms with Crippen molar-refractivity contribution >= 4 is 17.5 Å². The SMILES string of the molecule is NNC(=O)c1cccc(C#CCCl)c1. The van der Waals surface area contributed by atoms with Gasteiger partial charge in [0, 0.05) is 11.1 Å². The van der Waals surface area contributed by atoms with Gasteiger partial charge >= 0.3 is 0 Å². The number of rotatable bonds is 1. The van der Waals surface area contributed by atoms with E-state index in [4.69, 9.17) is 17.4 Å². The number of hydrogen-bond donors (Lipinski definition) is 2. The summed E-state index contributed by atoms with van der Waals surface area (Å²) in [6, 6.07) is 6.85. The van der Waals surface area contributed by atoms with Crippen molar-refractivity contribution in [2.45, 2.75) is 0 Å². The van der Waals surface area contributed by atoms with E-state index in [1.165, 1.54) is 0 Å². The van der Waals surface area contributed by atoms with Crippen molar-refractivity contribution in [3.05, 3.63) is 35.4 Å². The molecule has 1 aromatic carbocycles. The molecule has 3 N–H and O–H groups in total. The van der Waals surface area contributed by atoms with Gasteiger partial charge in [0.2, 0.25) is 0 Å². The second-order valence-electron chi connectivity index (χ2n) is 2.49. The summed E-state index contributed by atoms with van der Waals surface area (Å²) in [6.45, 7) is 0. The fourth-order valence-corrected chi connectivity index (χ4v) is 1.02. The number of alkyl halides is 1. The maximum Gasteiger partial charge on any atom is 0.265 e. The first-order chi connectivity index (χ1) is 6.77. The molecule has 1 rings (SSSR count). The molecule has 0 saturated carbocycles. The average molecular weight is 209 g/mol. The van der Waals surface area contributed by atoms with Crippen LogP contribution in [0.5, 0.6) is 0 Å². The van der Waals surface area contributed by atoms with Crippen LogP contribution in [0.4, 0.5) is 0 Å². The van der Waals surface area contributed by atoms with Gasteiger partial charge < -0.3 is 0 Å². The van der Waals surface area contributed by atoms with Crippen LogP contribution in [0.1, 0.15) is 15.9 Å². The number of nitrogen functional groups attached to an aromatic ring is 1. The lowest BCUT2D eigenvalue weighted by Gasteiger charge is -1.98. The summed E-state index contributed by atoms with van der Waals surface area (Å²) in [7, 11) is 0. The molecule has 4 heteroatoms. The minimum Gasteiger partial charge on any atom is -0.290 e. The molecule has 0 aliphatic heterocycles. The number of hydrazine groups is 1. The van der Waals surface area contributed by atoms with Crippen molar-refractivity contribution in [2.24, 2.45) is 5.84 Å². The molecular weight excluding hydrogens is 200 g/mol. The van der Waals surface area contributed by atoms with E-state index in [2.05, 4.69) is 17.3 Å². The molecule has 0 aromatic heterocycles. The Balaban J connectivity index is 2.95. The van der Waals surface area contributed by atoms with E-state index in [9.17, 15) is 4.79 Å². The molecule has 0 radical (unpaired) electrons. The summed E-state index contributed by atoms with van der Waals surface area (Å²) < 4.78 is 0. The molecule has 1 amide bonds. The van der Waals surface area contributed by atoms with Crippen LogP contribution >= 0.6 is 11.6 Å². The topological polar surface area (TPSA) is 55.1 Å². The number of nitrogens with one attached hydrogen (secondary N) is 1. The summed E-state index contributed by atoms with van der Waals surface area (Å²) in [5.41, 5.74) is 3.27. The highest BCUT2D eigenvalue weighted by molar-refractivity contribution is 6.19. The highest BCUT2D eigenvalue weighted by atomic mass is 35.5. The monoisotopic (exact) mass is 208 g/mol. The quantitative estimate of drug-likeness (QED) is 0.237. The van der Waals surface area contributed by atoms with E-state index in [1.807, 2.05) is 0 Å². The third kappa shape index (κ3) is 2.77. The van der Waals surface area contributed by atoms with Gasteiger partial charge in [-0.15, -0.1) is 11.6 Å². The van der Waals surface area contributed by atoms with E-state index in [0.717, 1.165) is 5.56 Å². The van der Waals surface area contributed by atoms with Crippen LogP contribution in [0.2, 0.25) is 0 Å². The van der Waals surface area contributed by atoms with Crippen LogP contribution in [0.3, 0.4) is 0 Å². The Kier molecular flexibility index (Phi) is 3.99. The van der Waals surface area contributed by atoms with Gasteiger partial charge in [-0.1, -0.05) is 17.9 Å². The smallest absolute Gasteiger partial charge is 0.265 e. The largest absolute Gasteiger partial charge is 0.290 e. The second-order valence-corrected chi connectivity index (χ2v) is 2.76. The third-order valence-corrected chi connectivity index (χ3v) is 1.69. The maximum absolute atomic E-state index is 11.1. The number of hydrogen-bond acceptors (Lipinski definition) is 2. The molecule has 1 aromatic rings. The summed E-state index contributed by atoms with van der Waals surface area (Å²) in [6.07, 6.45) is 0. The predicted molar refractivity (Wildman–Crippen MR) is 55.7 cm³/mol. The van der Waals surface area contributed by atoms with Crippen molar-refractivity contribution in [1.29, 1.82) is 0 Å². The average Bonchev–Trinajstić information content (AvgIpc) is 2.25. The van der Waals surface area contributed by atoms with Gasteiger partial charge in [-0.25, -0.2) is 5.84 Å². The molecule has 72 valence electrons. The number of carbonyl (C=O) groups excluding carboxylic acids is 1. The molecule has 0 aliphatic carbocycles. The highest BCUT2D eigenvalue weighted by Crippen LogP contribution is 2.03. The minimum atomic E-state index is -0.334. The van der Waals surface area contributed by atoms with Gasteiger partial charge in [0.1, 0.15) is 0 Å². The Morgan fingerprint density at radius 1 is 1.57 bits per heavy atom. The lowest BCUT2D eigenvalue weighted by molar-refractivity contribution is 0.0953. The standard InChI is InChI=1S/C10H9ClN2O/c11-6-2-4-8-3-1-5-9(7-8)10(14)13-12/h1,3,5,7H,6,12H2,(H,13,14). The Labute approximate surface area is 87.2 Å². The summed E-state index contributed by atoms with van der Waals surface area (Å²) in [4.78, 5) is 11.1. The van der Waals surface area contributed by atoms with Crippen molar-refractivity contribution in [3.8, 4) is 11.8 Å². The van der Waals surface area contributed by atoms with Gasteiger partial charge in [0.15, 0.2) is 0 Å². The van der Waals surface area contributed by atoms with Crippen molar-refractivity contribution in [2.75, 3.05) is 5.88 Å². The van der Waals surface area contributed by atoms with E-state index in [-0.39, 0.29) is 11.8 Å². The Hall–Kier alpha value is -1.50. The van der Waals surface area contributed by atoms with Crippen LogP contribution in [0, 0.1) is 11.8 Å². The number of carbonyl (C=O) groups is 1. The van der Waals surface area contributed by atoms with E-state index in [0.29, 0.717) is 5.56 Å². The Bertz CT molecular complexity index is 393. The Morgan fingerprint density at radius 3 is 3.00 bits per heavy atom. The molecule has 0 spiro atoms. The fraction of sp³-hybridized carbons (Fsp3) is 0.100. The summed E-state index contributed by atoms with van der Waals surface area (Å²) in [5.74, 6) is 10.4. The van der Waals surface area contributed by atoms with Crippen LogP contribution in [0.15, 0.2) is 24.3 Å². The highest BCUT2D eigenvalue weighted by Gasteiger charge is 2.01. The predicted octanol–water partition coefficient (Wildman–Crippen LogP) is 0.880. The maximum atomic E-state index is 11.1. The second kappa shape index (κ2) is 5.28. The van der Waals surface area contributed by atoms with E-state index < -0.39 is 0 Å². The first-order valence-corrected chi connectivity index (χ1v) is 4.47. The number of benzene rings is 1. The van der Waals surface area contributed by atoms with Gasteiger partial charge in [0.05, 0.1) is 5.88 Å².